The predicted molar refractivity (Wildman–Crippen MR) is 329 cm³/mol. The fourth-order valence-electron chi connectivity index (χ4n) is 10.4. The Morgan fingerprint density at radius 3 is 1.53 bits per heavy atom. The van der Waals surface area contributed by atoms with Gasteiger partial charge in [0.15, 0.2) is 5.78 Å². The highest BCUT2D eigenvalue weighted by Gasteiger charge is 2.40. The zero-order chi connectivity index (χ0) is 66.6. The van der Waals surface area contributed by atoms with Crippen molar-refractivity contribution in [2.75, 3.05) is 68.5 Å². The van der Waals surface area contributed by atoms with Crippen LogP contribution in [0, 0.1) is 35.5 Å². The van der Waals surface area contributed by atoms with Crippen molar-refractivity contribution in [2.45, 2.75) is 183 Å². The van der Waals surface area contributed by atoms with Gasteiger partial charge in [-0.3, -0.25) is 62.4 Å². The number of carbonyl (C=O) groups is 12. The molecule has 1 aliphatic heterocycles. The smallest absolute Gasteiger partial charge is 0.248 e. The molecule has 12 atom stereocenters. The lowest BCUT2D eigenvalue weighted by Crippen LogP contribution is -2.59. The van der Waals surface area contributed by atoms with E-state index in [0.717, 1.165) is 4.90 Å². The van der Waals surface area contributed by atoms with E-state index in [2.05, 4.69) is 31.9 Å². The summed E-state index contributed by atoms with van der Waals surface area (Å²) in [5.74, 6) is -10.2. The minimum absolute atomic E-state index is 0.00301. The quantitative estimate of drug-likeness (QED) is 0.169. The summed E-state index contributed by atoms with van der Waals surface area (Å²) >= 11 is 0. The van der Waals surface area contributed by atoms with Gasteiger partial charge in [0, 0.05) is 60.7 Å². The predicted octanol–water partition coefficient (Wildman–Crippen LogP) is 0.557. The molecule has 0 saturated carbocycles. The van der Waals surface area contributed by atoms with Gasteiger partial charge in [0.1, 0.15) is 48.3 Å². The lowest BCUT2D eigenvalue weighted by molar-refractivity contribution is -0.148. The summed E-state index contributed by atoms with van der Waals surface area (Å²) in [6, 6.07) is -1.81. The number of ketones is 1. The van der Waals surface area contributed by atoms with Crippen LogP contribution in [0.3, 0.4) is 0 Å². The van der Waals surface area contributed by atoms with E-state index in [1.54, 1.807) is 63.1 Å². The van der Waals surface area contributed by atoms with Gasteiger partial charge < -0.3 is 61.5 Å². The van der Waals surface area contributed by atoms with E-state index in [4.69, 9.17) is 0 Å². The number of benzene rings is 1. The van der Waals surface area contributed by atoms with Crippen molar-refractivity contribution in [1.82, 2.24) is 61.3 Å². The molecule has 1 fully saturated rings. The van der Waals surface area contributed by atoms with Crippen LogP contribution in [0.15, 0.2) is 30.3 Å². The van der Waals surface area contributed by atoms with Crippen LogP contribution < -0.4 is 31.9 Å². The maximum Gasteiger partial charge on any atom is 0.248 e. The van der Waals surface area contributed by atoms with Gasteiger partial charge in [0.05, 0.1) is 31.2 Å². The first kappa shape index (κ1) is 76.1. The largest absolute Gasteiger partial charge is 0.391 e. The third-order valence-electron chi connectivity index (χ3n) is 15.7. The molecule has 25 nitrogen and oxygen atoms in total. The number of hydrogen-bond donors (Lipinski definition) is 7. The van der Waals surface area contributed by atoms with Gasteiger partial charge >= 0.3 is 0 Å². The van der Waals surface area contributed by atoms with Crippen molar-refractivity contribution < 1.29 is 62.6 Å². The van der Waals surface area contributed by atoms with E-state index >= 15 is 0 Å². The fraction of sp³-hybridized carbons (Fsp3) is 0.710. The first-order valence-corrected chi connectivity index (χ1v) is 30.4. The summed E-state index contributed by atoms with van der Waals surface area (Å²) in [6.45, 7) is 22.4. The molecule has 7 N–H and O–H groups in total. The molecule has 0 bridgehead atoms. The normalized spacial score (nSPS) is 27.6. The Labute approximate surface area is 515 Å². The minimum atomic E-state index is -1.52. The molecule has 0 spiro atoms. The lowest BCUT2D eigenvalue weighted by Gasteiger charge is -2.35. The molecule has 1 heterocycles. The van der Waals surface area contributed by atoms with Crippen molar-refractivity contribution in [1.29, 1.82) is 0 Å². The second-order valence-electron chi connectivity index (χ2n) is 25.5. The molecule has 1 aromatic carbocycles. The van der Waals surface area contributed by atoms with Crippen LogP contribution in [0.1, 0.15) is 122 Å². The van der Waals surface area contributed by atoms with Gasteiger partial charge in [0.25, 0.3) is 0 Å². The number of aliphatic hydroxyl groups is 1. The average Bonchev–Trinajstić information content (AvgIpc) is 3.01. The molecule has 1 aromatic rings. The highest BCUT2D eigenvalue weighted by atomic mass is 16.3. The van der Waals surface area contributed by atoms with Crippen molar-refractivity contribution in [2.24, 2.45) is 35.5 Å². The number of nitrogens with zero attached hydrogens (tertiary/aromatic N) is 6. The van der Waals surface area contributed by atoms with Gasteiger partial charge in [-0.2, -0.15) is 0 Å². The Hall–Kier alpha value is -7.02. The van der Waals surface area contributed by atoms with Crippen LogP contribution in [0.25, 0.3) is 0 Å². The van der Waals surface area contributed by atoms with E-state index in [1.807, 2.05) is 41.5 Å². The number of likely N-dealkylation sites (N-methyl/N-ethyl adjacent to an activating group) is 6. The van der Waals surface area contributed by atoms with Crippen molar-refractivity contribution in [3.05, 3.63) is 35.9 Å². The van der Waals surface area contributed by atoms with Gasteiger partial charge in [-0.05, 0) is 83.2 Å². The molecule has 1 aliphatic rings. The molecule has 0 aliphatic carbocycles. The SMILES string of the molecule is CC(C)C[C@@H]1NC(=O)[C@H](CC(C)C)N(C)C(=O)[C@H](C)NC(=O)[C@H](C)CNC(=O)[C@H](C(C)C)N(C)C(=O)[C@H](Cc2ccccc2)NC(=O)CN(C)C(=O)C([C@@H](C)O)NC(=O)[C@H](C)CN(C)CC(=O)[C@H](CC(C)C)N(C)C(=O)[C@@H](C)N(C)C(=O)[C@H](C)NC1=O. The van der Waals surface area contributed by atoms with Crippen molar-refractivity contribution in [3.8, 4) is 0 Å². The summed E-state index contributed by atoms with van der Waals surface area (Å²) < 4.78 is 0. The van der Waals surface area contributed by atoms with Gasteiger partial charge in [0.2, 0.25) is 65.0 Å². The number of hydrogen-bond acceptors (Lipinski definition) is 14. The average molecular weight is 1230 g/mol. The monoisotopic (exact) mass is 1220 g/mol. The number of carbonyl (C=O) groups excluding carboxylic acids is 12. The Bertz CT molecular complexity index is 2550. The molecule has 87 heavy (non-hydrogen) atoms. The Morgan fingerprint density at radius 2 is 1.00 bits per heavy atom. The minimum Gasteiger partial charge on any atom is -0.391 e. The van der Waals surface area contributed by atoms with Crippen LogP contribution >= 0.6 is 0 Å². The number of nitrogens with one attached hydrogen (secondary N) is 6. The maximum absolute atomic E-state index is 14.5. The molecule has 490 valence electrons. The topological polar surface area (TPSA) is 317 Å². The highest BCUT2D eigenvalue weighted by molar-refractivity contribution is 5.98. The van der Waals surface area contributed by atoms with Gasteiger partial charge in [-0.25, -0.2) is 0 Å². The lowest BCUT2D eigenvalue weighted by atomic mass is 9.97. The highest BCUT2D eigenvalue weighted by Crippen LogP contribution is 2.19. The first-order chi connectivity index (χ1) is 40.3. The standard InChI is InChI=1S/C62H104N12O13/c1-34(2)26-45-55(80)65-40(11)58(83)71(17)42(13)60(85)72(18)47(27-35(3)4)49(76)32-69(15)31-39(10)54(79)68-51(43(14)75)62(87)70(16)33-50(77)66-46(29-44-24-22-21-23-25-44)61(86)74(20)52(37(7)8)57(82)63-30-38(9)53(78)64-41(12)59(84)73(19)48(28-36(5)6)56(81)67-45/h21-25,34-43,45-48,51-52,75H,26-33H2,1-20H3,(H,63,82)(H,64,78)(H,65,80)(H,66,77)(H,67,81)(H,68,79)/t38-,39-,40+,41+,42-,43-,45+,46+,47+,48+,51?,52+/m1/s1. The summed E-state index contributed by atoms with van der Waals surface area (Å²) in [7, 11) is 8.61. The van der Waals surface area contributed by atoms with Crippen LogP contribution in [-0.4, -0.2) is 234 Å². The molecule has 11 amide bonds. The zero-order valence-corrected chi connectivity index (χ0v) is 55.3. The molecular weight excluding hydrogens is 1120 g/mol. The van der Waals surface area contributed by atoms with Crippen molar-refractivity contribution in [3.63, 3.8) is 0 Å². The molecule has 1 unspecified atom stereocenters. The van der Waals surface area contributed by atoms with Gasteiger partial charge in [-0.1, -0.05) is 99.6 Å². The van der Waals surface area contributed by atoms with E-state index in [-0.39, 0.29) is 68.9 Å². The zero-order valence-electron chi connectivity index (χ0n) is 55.3. The second-order valence-corrected chi connectivity index (χ2v) is 25.5. The van der Waals surface area contributed by atoms with E-state index in [0.29, 0.717) is 5.56 Å². The third-order valence-corrected chi connectivity index (χ3v) is 15.7. The van der Waals surface area contributed by atoms with Crippen LogP contribution in [0.4, 0.5) is 0 Å². The number of aliphatic hydroxyl groups excluding tert-OH is 1. The molecule has 0 aromatic heterocycles. The van der Waals surface area contributed by atoms with E-state index < -0.39 is 150 Å². The van der Waals surface area contributed by atoms with Gasteiger partial charge in [-0.15, -0.1) is 0 Å². The first-order valence-electron chi connectivity index (χ1n) is 30.4. The number of amides is 11. The second kappa shape index (κ2) is 35.1. The van der Waals surface area contributed by atoms with E-state index in [9.17, 15) is 62.6 Å². The Balaban J connectivity index is 2.68. The maximum atomic E-state index is 14.5. The van der Waals surface area contributed by atoms with Crippen LogP contribution in [0.5, 0.6) is 0 Å². The summed E-state index contributed by atoms with van der Waals surface area (Å²) in [5, 5.41) is 27.1. The number of rotatable bonds is 10. The third kappa shape index (κ3) is 23.2. The van der Waals surface area contributed by atoms with E-state index in [1.165, 1.54) is 89.5 Å². The fourth-order valence-corrected chi connectivity index (χ4v) is 10.4. The van der Waals surface area contributed by atoms with Crippen LogP contribution in [0.2, 0.25) is 0 Å². The Kier molecular flexibility index (Phi) is 30.7. The Morgan fingerprint density at radius 1 is 0.494 bits per heavy atom. The van der Waals surface area contributed by atoms with Crippen molar-refractivity contribution >= 4 is 70.8 Å². The molecule has 25 heteroatoms. The molecular formula is C62H104N12O13. The summed E-state index contributed by atoms with van der Waals surface area (Å²) in [4.78, 5) is 176. The van der Waals surface area contributed by atoms with Crippen LogP contribution in [-0.2, 0) is 64.0 Å². The molecule has 2 rings (SSSR count). The number of Topliss-reactive ketones (excluding diaryl/α,β-unsaturated/α-hetero) is 1. The molecule has 0 radical (unpaired) electrons. The summed E-state index contributed by atoms with van der Waals surface area (Å²) in [6.07, 6.45) is -0.885. The molecule has 1 saturated heterocycles. The summed E-state index contributed by atoms with van der Waals surface area (Å²) in [5.41, 5.74) is 0.664.